The summed E-state index contributed by atoms with van der Waals surface area (Å²) in [7, 11) is 3.63. The molecule has 8 heteroatoms. The van der Waals surface area contributed by atoms with Crippen molar-refractivity contribution in [3.8, 4) is 11.4 Å². The molecule has 0 aliphatic rings. The van der Waals surface area contributed by atoms with Gasteiger partial charge >= 0.3 is 0 Å². The average molecular weight is 384 g/mol. The van der Waals surface area contributed by atoms with Crippen LogP contribution in [0.5, 0.6) is 0 Å². The van der Waals surface area contributed by atoms with Gasteiger partial charge in [-0.3, -0.25) is 4.79 Å². The van der Waals surface area contributed by atoms with Gasteiger partial charge in [-0.1, -0.05) is 0 Å². The zero-order valence-corrected chi connectivity index (χ0v) is 15.3. The van der Waals surface area contributed by atoms with Crippen molar-refractivity contribution < 1.29 is 13.5 Å². The number of H-pyrrole nitrogens is 2. The minimum atomic E-state index is -1.03. The van der Waals surface area contributed by atoms with Crippen molar-refractivity contribution in [3.05, 3.63) is 58.4 Å². The third kappa shape index (κ3) is 3.22. The molecular weight excluding hydrogens is 366 g/mol. The molecule has 144 valence electrons. The van der Waals surface area contributed by atoms with Crippen LogP contribution in [0.15, 0.2) is 41.2 Å². The normalized spacial score (nSPS) is 11.4. The monoisotopic (exact) mass is 384 g/mol. The first-order valence-electron chi connectivity index (χ1n) is 8.68. The van der Waals surface area contributed by atoms with E-state index in [4.69, 9.17) is 4.74 Å². The molecule has 2 aromatic carbocycles. The van der Waals surface area contributed by atoms with Gasteiger partial charge in [0.2, 0.25) is 0 Å². The third-order valence-electron chi connectivity index (χ3n) is 4.67. The van der Waals surface area contributed by atoms with Gasteiger partial charge in [0.1, 0.15) is 0 Å². The van der Waals surface area contributed by atoms with E-state index in [2.05, 4.69) is 19.9 Å². The van der Waals surface area contributed by atoms with Crippen LogP contribution in [-0.4, -0.2) is 42.3 Å². The van der Waals surface area contributed by atoms with Crippen LogP contribution in [0.25, 0.3) is 33.3 Å². The van der Waals surface area contributed by atoms with Gasteiger partial charge in [0, 0.05) is 49.4 Å². The number of nitrogens with one attached hydrogen (secondary N) is 2. The number of hydrogen-bond donors (Lipinski definition) is 2. The zero-order valence-electron chi connectivity index (χ0n) is 15.3. The number of benzene rings is 2. The SMILES string of the molecule is COCCN(C)c1ccc2[nH]c(-c3nc4cc(F)c(F)cc4[nH]c3=O)cc2c1. The summed E-state index contributed by atoms with van der Waals surface area (Å²) in [6.07, 6.45) is 0. The molecule has 6 nitrogen and oxygen atoms in total. The van der Waals surface area contributed by atoms with Gasteiger partial charge in [0.05, 0.1) is 23.3 Å². The molecule has 4 aromatic rings. The molecule has 2 aromatic heterocycles. The molecule has 0 bridgehead atoms. The Labute approximate surface area is 158 Å². The summed E-state index contributed by atoms with van der Waals surface area (Å²) in [5.74, 6) is -2.05. The van der Waals surface area contributed by atoms with Crippen LogP contribution in [0.4, 0.5) is 14.5 Å². The van der Waals surface area contributed by atoms with Gasteiger partial charge < -0.3 is 19.6 Å². The molecule has 0 unspecified atom stereocenters. The summed E-state index contributed by atoms with van der Waals surface area (Å²) in [6.45, 7) is 1.35. The molecule has 4 rings (SSSR count). The number of fused-ring (bicyclic) bond motifs is 2. The fourth-order valence-corrected chi connectivity index (χ4v) is 3.11. The largest absolute Gasteiger partial charge is 0.383 e. The first-order valence-corrected chi connectivity index (χ1v) is 8.68. The van der Waals surface area contributed by atoms with Crippen molar-refractivity contribution in [1.82, 2.24) is 15.0 Å². The van der Waals surface area contributed by atoms with Crippen LogP contribution in [0.1, 0.15) is 0 Å². The van der Waals surface area contributed by atoms with E-state index in [0.29, 0.717) is 12.3 Å². The number of likely N-dealkylation sites (N-methyl/N-ethyl adjacent to an activating group) is 1. The Morgan fingerprint density at radius 3 is 2.64 bits per heavy atom. The highest BCUT2D eigenvalue weighted by molar-refractivity contribution is 5.88. The van der Waals surface area contributed by atoms with Gasteiger partial charge in [0.25, 0.3) is 5.56 Å². The van der Waals surface area contributed by atoms with Gasteiger partial charge in [-0.05, 0) is 24.3 Å². The third-order valence-corrected chi connectivity index (χ3v) is 4.67. The Balaban J connectivity index is 1.77. The van der Waals surface area contributed by atoms with Crippen molar-refractivity contribution >= 4 is 27.6 Å². The molecule has 0 fully saturated rings. The van der Waals surface area contributed by atoms with Gasteiger partial charge in [-0.25, -0.2) is 13.8 Å². The van der Waals surface area contributed by atoms with Crippen molar-refractivity contribution in [2.45, 2.75) is 0 Å². The first-order chi connectivity index (χ1) is 13.5. The van der Waals surface area contributed by atoms with E-state index < -0.39 is 17.2 Å². The van der Waals surface area contributed by atoms with E-state index in [1.807, 2.05) is 31.3 Å². The van der Waals surface area contributed by atoms with Crippen molar-refractivity contribution in [2.24, 2.45) is 0 Å². The molecule has 0 radical (unpaired) electrons. The summed E-state index contributed by atoms with van der Waals surface area (Å²) in [4.78, 5) is 24.4. The molecule has 0 saturated carbocycles. The van der Waals surface area contributed by atoms with E-state index in [-0.39, 0.29) is 16.7 Å². The van der Waals surface area contributed by atoms with Crippen molar-refractivity contribution in [2.75, 3.05) is 32.2 Å². The molecule has 0 aliphatic heterocycles. The highest BCUT2D eigenvalue weighted by atomic mass is 19.2. The summed E-state index contributed by atoms with van der Waals surface area (Å²) in [6, 6.07) is 9.59. The van der Waals surface area contributed by atoms with Crippen LogP contribution in [0, 0.1) is 11.6 Å². The molecule has 2 N–H and O–H groups in total. The van der Waals surface area contributed by atoms with Crippen LogP contribution in [-0.2, 0) is 4.74 Å². The topological polar surface area (TPSA) is 74.0 Å². The number of nitrogens with zero attached hydrogens (tertiary/aromatic N) is 2. The minimum Gasteiger partial charge on any atom is -0.383 e. The Morgan fingerprint density at radius 1 is 1.07 bits per heavy atom. The lowest BCUT2D eigenvalue weighted by molar-refractivity contribution is 0.206. The molecule has 0 amide bonds. The summed E-state index contributed by atoms with van der Waals surface area (Å²) in [5, 5.41) is 0.906. The number of anilines is 1. The number of methoxy groups -OCH3 is 1. The molecule has 2 heterocycles. The van der Waals surface area contributed by atoms with Crippen LogP contribution < -0.4 is 10.5 Å². The predicted molar refractivity (Wildman–Crippen MR) is 105 cm³/mol. The zero-order chi connectivity index (χ0) is 19.8. The predicted octanol–water partition coefficient (Wildman–Crippen LogP) is 3.43. The van der Waals surface area contributed by atoms with Gasteiger partial charge in [0.15, 0.2) is 17.3 Å². The van der Waals surface area contributed by atoms with Crippen LogP contribution in [0.2, 0.25) is 0 Å². The number of halogens is 2. The molecular formula is C20H18F2N4O2. The number of aromatic amines is 2. The minimum absolute atomic E-state index is 0.115. The quantitative estimate of drug-likeness (QED) is 0.553. The lowest BCUT2D eigenvalue weighted by Crippen LogP contribution is -2.21. The van der Waals surface area contributed by atoms with Crippen LogP contribution in [0.3, 0.4) is 0 Å². The van der Waals surface area contributed by atoms with E-state index in [0.717, 1.165) is 35.3 Å². The van der Waals surface area contributed by atoms with Crippen molar-refractivity contribution in [1.29, 1.82) is 0 Å². The molecule has 0 spiro atoms. The Hall–Kier alpha value is -3.26. The van der Waals surface area contributed by atoms with E-state index in [1.54, 1.807) is 7.11 Å². The molecule has 28 heavy (non-hydrogen) atoms. The maximum absolute atomic E-state index is 13.5. The number of rotatable bonds is 5. The smallest absolute Gasteiger partial charge is 0.276 e. The van der Waals surface area contributed by atoms with Gasteiger partial charge in [-0.2, -0.15) is 0 Å². The van der Waals surface area contributed by atoms with E-state index in [9.17, 15) is 13.6 Å². The highest BCUT2D eigenvalue weighted by Gasteiger charge is 2.13. The highest BCUT2D eigenvalue weighted by Crippen LogP contribution is 2.26. The van der Waals surface area contributed by atoms with Crippen LogP contribution >= 0.6 is 0 Å². The second kappa shape index (κ2) is 7.05. The van der Waals surface area contributed by atoms with E-state index >= 15 is 0 Å². The maximum atomic E-state index is 13.5. The summed E-state index contributed by atoms with van der Waals surface area (Å²) < 4.78 is 32.0. The standard InChI is InChI=1S/C20H18F2N4O2/c1-26(5-6-28-2)12-3-4-15-11(7-12)8-18(23-15)19-20(27)25-17-10-14(22)13(21)9-16(17)24-19/h3-4,7-10,23H,5-6H2,1-2H3,(H,25,27). The molecule has 0 aliphatic carbocycles. The molecule has 0 atom stereocenters. The average Bonchev–Trinajstić information content (AvgIpc) is 3.10. The Morgan fingerprint density at radius 2 is 1.86 bits per heavy atom. The second-order valence-electron chi connectivity index (χ2n) is 6.57. The lowest BCUT2D eigenvalue weighted by Gasteiger charge is -2.18. The fourth-order valence-electron chi connectivity index (χ4n) is 3.11. The summed E-state index contributed by atoms with van der Waals surface area (Å²) >= 11 is 0. The van der Waals surface area contributed by atoms with E-state index in [1.165, 1.54) is 0 Å². The van der Waals surface area contributed by atoms with Crippen molar-refractivity contribution in [3.63, 3.8) is 0 Å². The van der Waals surface area contributed by atoms with Gasteiger partial charge in [-0.15, -0.1) is 0 Å². The Bertz CT molecular complexity index is 1230. The maximum Gasteiger partial charge on any atom is 0.276 e. The number of aromatic nitrogens is 3. The first kappa shape index (κ1) is 18.1. The molecule has 0 saturated heterocycles. The number of ether oxygens (including phenoxy) is 1. The second-order valence-corrected chi connectivity index (χ2v) is 6.57. The number of hydrogen-bond acceptors (Lipinski definition) is 4. The summed E-state index contributed by atoms with van der Waals surface area (Å²) in [5.41, 5.74) is 2.29. The fraction of sp³-hybridized carbons (Fsp3) is 0.200. The Kier molecular flexibility index (Phi) is 4.56. The lowest BCUT2D eigenvalue weighted by atomic mass is 10.2.